The second-order valence-corrected chi connectivity index (χ2v) is 4.00. The summed E-state index contributed by atoms with van der Waals surface area (Å²) in [5.41, 5.74) is 1.15. The minimum Gasteiger partial charge on any atom is -0.337 e. The molecule has 0 radical (unpaired) electrons. The average molecular weight is 203 g/mol. The van der Waals surface area contributed by atoms with Crippen LogP contribution < -0.4 is 10.2 Å². The minimum atomic E-state index is 0.0138. The largest absolute Gasteiger partial charge is 0.337 e. The third kappa shape index (κ3) is 2.35. The van der Waals surface area contributed by atoms with Gasteiger partial charge in [0.1, 0.15) is 32.2 Å². The zero-order valence-corrected chi connectivity index (χ0v) is 8.82. The number of nitriles is 1. The second-order valence-electron chi connectivity index (χ2n) is 4.00. The Balaban J connectivity index is 2.14. The van der Waals surface area contributed by atoms with Gasteiger partial charge in [-0.05, 0) is 0 Å². The van der Waals surface area contributed by atoms with Crippen LogP contribution in [0.25, 0.3) is 0 Å². The van der Waals surface area contributed by atoms with Gasteiger partial charge in [-0.2, -0.15) is 5.26 Å². The monoisotopic (exact) mass is 203 g/mol. The summed E-state index contributed by atoms with van der Waals surface area (Å²) in [5.74, 6) is 0. The van der Waals surface area contributed by atoms with Crippen LogP contribution in [0.5, 0.6) is 0 Å². The van der Waals surface area contributed by atoms with Crippen molar-refractivity contribution in [3.63, 3.8) is 0 Å². The maximum atomic E-state index is 9.25. The van der Waals surface area contributed by atoms with Gasteiger partial charge in [0.05, 0.1) is 0 Å². The summed E-state index contributed by atoms with van der Waals surface area (Å²) in [4.78, 5) is 1.41. The Labute approximate surface area is 90.3 Å². The molecule has 3 heteroatoms. The number of benzene rings is 1. The van der Waals surface area contributed by atoms with Gasteiger partial charge in [-0.3, -0.25) is 0 Å². The van der Waals surface area contributed by atoms with Gasteiger partial charge in [0.2, 0.25) is 6.04 Å². The van der Waals surface area contributed by atoms with Crippen molar-refractivity contribution in [2.24, 2.45) is 0 Å². The lowest BCUT2D eigenvalue weighted by atomic mass is 10.1. The summed E-state index contributed by atoms with van der Waals surface area (Å²) < 4.78 is 0. The molecule has 15 heavy (non-hydrogen) atoms. The highest BCUT2D eigenvalue weighted by molar-refractivity contribution is 5.21. The molecule has 0 unspecified atom stereocenters. The molecule has 0 spiro atoms. The van der Waals surface area contributed by atoms with Crippen LogP contribution >= 0.6 is 0 Å². The van der Waals surface area contributed by atoms with E-state index in [2.05, 4.69) is 23.5 Å². The molecule has 0 amide bonds. The van der Waals surface area contributed by atoms with E-state index in [0.717, 1.165) is 31.7 Å². The molecule has 0 aromatic heterocycles. The highest BCUT2D eigenvalue weighted by atomic mass is 15.2. The van der Waals surface area contributed by atoms with E-state index in [0.29, 0.717) is 0 Å². The van der Waals surface area contributed by atoms with Gasteiger partial charge < -0.3 is 10.2 Å². The predicted octanol–water partition coefficient (Wildman–Crippen LogP) is -1.29. The van der Waals surface area contributed by atoms with Gasteiger partial charge in [0, 0.05) is 5.56 Å². The predicted molar refractivity (Wildman–Crippen MR) is 57.2 cm³/mol. The lowest BCUT2D eigenvalue weighted by Crippen LogP contribution is -3.20. The molecular weight excluding hydrogens is 186 g/mol. The van der Waals surface area contributed by atoms with E-state index in [4.69, 9.17) is 0 Å². The fourth-order valence-corrected chi connectivity index (χ4v) is 2.18. The van der Waals surface area contributed by atoms with Crippen LogP contribution in [0.3, 0.4) is 0 Å². The number of quaternary nitrogens is 2. The second kappa shape index (κ2) is 4.92. The highest BCUT2D eigenvalue weighted by Crippen LogP contribution is 2.07. The summed E-state index contributed by atoms with van der Waals surface area (Å²) in [6.07, 6.45) is 0. The van der Waals surface area contributed by atoms with Crippen LogP contribution in [0, 0.1) is 11.3 Å². The van der Waals surface area contributed by atoms with Gasteiger partial charge >= 0.3 is 0 Å². The van der Waals surface area contributed by atoms with E-state index < -0.39 is 0 Å². The van der Waals surface area contributed by atoms with Gasteiger partial charge in [-0.25, -0.2) is 0 Å². The quantitative estimate of drug-likeness (QED) is 0.617. The Kier molecular flexibility index (Phi) is 3.33. The fraction of sp³-hybridized carbons (Fsp3) is 0.417. The molecule has 0 saturated carbocycles. The van der Waals surface area contributed by atoms with Crippen LogP contribution in [0.15, 0.2) is 30.3 Å². The van der Waals surface area contributed by atoms with E-state index in [1.807, 2.05) is 18.2 Å². The first kappa shape index (κ1) is 10.2. The first-order valence-corrected chi connectivity index (χ1v) is 5.52. The number of nitrogens with zero attached hydrogens (tertiary/aromatic N) is 1. The summed E-state index contributed by atoms with van der Waals surface area (Å²) in [7, 11) is 0. The van der Waals surface area contributed by atoms with Crippen molar-refractivity contribution < 1.29 is 10.2 Å². The smallest absolute Gasteiger partial charge is 0.201 e. The molecule has 1 heterocycles. The molecule has 3 N–H and O–H groups in total. The molecule has 1 aromatic carbocycles. The van der Waals surface area contributed by atoms with Crippen LogP contribution in [-0.2, 0) is 0 Å². The van der Waals surface area contributed by atoms with Gasteiger partial charge in [0.25, 0.3) is 0 Å². The Hall–Kier alpha value is -1.37. The molecule has 0 aliphatic carbocycles. The third-order valence-electron chi connectivity index (χ3n) is 3.01. The van der Waals surface area contributed by atoms with Crippen LogP contribution in [0.1, 0.15) is 11.6 Å². The van der Waals surface area contributed by atoms with E-state index in [9.17, 15) is 5.26 Å². The number of rotatable bonds is 2. The Morgan fingerprint density at radius 2 is 1.87 bits per heavy atom. The van der Waals surface area contributed by atoms with Crippen LogP contribution in [0.2, 0.25) is 0 Å². The van der Waals surface area contributed by atoms with Crippen LogP contribution in [0.4, 0.5) is 0 Å². The summed E-state index contributed by atoms with van der Waals surface area (Å²) >= 11 is 0. The maximum absolute atomic E-state index is 9.25. The molecule has 0 bridgehead atoms. The number of piperazine rings is 1. The molecule has 3 nitrogen and oxygen atoms in total. The lowest BCUT2D eigenvalue weighted by Gasteiger charge is -2.26. The van der Waals surface area contributed by atoms with Crippen molar-refractivity contribution in [2.75, 3.05) is 26.2 Å². The topological polar surface area (TPSA) is 44.8 Å². The minimum absolute atomic E-state index is 0.0138. The number of nitrogens with two attached hydrogens (primary N) is 1. The Bertz CT molecular complexity index is 336. The average Bonchev–Trinajstić information content (AvgIpc) is 2.33. The van der Waals surface area contributed by atoms with E-state index >= 15 is 0 Å². The zero-order valence-electron chi connectivity index (χ0n) is 8.82. The van der Waals surface area contributed by atoms with Crippen molar-refractivity contribution in [1.82, 2.24) is 0 Å². The van der Waals surface area contributed by atoms with Crippen molar-refractivity contribution in [3.05, 3.63) is 35.9 Å². The Morgan fingerprint density at radius 3 is 2.47 bits per heavy atom. The third-order valence-corrected chi connectivity index (χ3v) is 3.01. The number of hydrogen-bond donors (Lipinski definition) is 2. The molecule has 1 aromatic rings. The summed E-state index contributed by atoms with van der Waals surface area (Å²) in [5, 5.41) is 11.6. The standard InChI is InChI=1S/C12H15N3/c13-10-12(11-4-2-1-3-5-11)15-8-6-14-7-9-15/h1-5,12,14H,6-9H2/p+2/t12-/m0/s1. The molecule has 78 valence electrons. The zero-order chi connectivity index (χ0) is 10.5. The van der Waals surface area contributed by atoms with Crippen molar-refractivity contribution in [2.45, 2.75) is 6.04 Å². The van der Waals surface area contributed by atoms with Gasteiger partial charge in [-0.15, -0.1) is 0 Å². The summed E-state index contributed by atoms with van der Waals surface area (Å²) in [6, 6.07) is 12.6. The molecule has 1 atom stereocenters. The van der Waals surface area contributed by atoms with Gasteiger partial charge in [0.15, 0.2) is 0 Å². The van der Waals surface area contributed by atoms with Crippen molar-refractivity contribution in [3.8, 4) is 6.07 Å². The van der Waals surface area contributed by atoms with Crippen molar-refractivity contribution >= 4 is 0 Å². The van der Waals surface area contributed by atoms with Crippen molar-refractivity contribution in [1.29, 1.82) is 5.26 Å². The summed E-state index contributed by atoms with van der Waals surface area (Å²) in [6.45, 7) is 4.46. The molecular formula is C12H17N3+2. The molecule has 2 rings (SSSR count). The maximum Gasteiger partial charge on any atom is 0.201 e. The SMILES string of the molecule is N#C[C@@H](c1ccccc1)[NH+]1CC[NH2+]CC1. The Morgan fingerprint density at radius 1 is 1.20 bits per heavy atom. The molecule has 1 saturated heterocycles. The highest BCUT2D eigenvalue weighted by Gasteiger charge is 2.26. The van der Waals surface area contributed by atoms with E-state index in [1.165, 1.54) is 4.90 Å². The first-order chi connectivity index (χ1) is 7.42. The lowest BCUT2D eigenvalue weighted by molar-refractivity contribution is -0.965. The van der Waals surface area contributed by atoms with Crippen LogP contribution in [-0.4, -0.2) is 26.2 Å². The molecule has 1 aliphatic heterocycles. The molecule has 1 aliphatic rings. The van der Waals surface area contributed by atoms with Gasteiger partial charge in [-0.1, -0.05) is 30.3 Å². The normalized spacial score (nSPS) is 19.4. The first-order valence-electron chi connectivity index (χ1n) is 5.52. The van der Waals surface area contributed by atoms with E-state index in [-0.39, 0.29) is 6.04 Å². The van der Waals surface area contributed by atoms with E-state index in [1.54, 1.807) is 0 Å². The molecule has 1 fully saturated rings. The fourth-order valence-electron chi connectivity index (χ4n) is 2.18. The number of hydrogen-bond acceptors (Lipinski definition) is 1. The number of nitrogens with one attached hydrogen (secondary N) is 1.